The number of rotatable bonds is 7. The molecule has 0 amide bonds. The van der Waals surface area contributed by atoms with Crippen molar-refractivity contribution in [2.75, 3.05) is 39.9 Å². The third kappa shape index (κ3) is 5.16. The van der Waals surface area contributed by atoms with E-state index >= 15 is 0 Å². The van der Waals surface area contributed by atoms with Crippen LogP contribution in [0.3, 0.4) is 0 Å². The zero-order valence-electron chi connectivity index (χ0n) is 14.5. The lowest BCUT2D eigenvalue weighted by Crippen LogP contribution is -2.53. The Hall–Kier alpha value is -1.17. The van der Waals surface area contributed by atoms with Crippen LogP contribution in [0.2, 0.25) is 0 Å². The number of benzene rings is 1. The van der Waals surface area contributed by atoms with Crippen LogP contribution in [0.25, 0.3) is 0 Å². The number of methoxy groups -OCH3 is 1. The molecule has 0 aliphatic carbocycles. The van der Waals surface area contributed by atoms with Gasteiger partial charge in [0, 0.05) is 50.9 Å². The number of nitrogens with zero attached hydrogens (tertiary/aromatic N) is 2. The Morgan fingerprint density at radius 1 is 1.35 bits per heavy atom. The van der Waals surface area contributed by atoms with Gasteiger partial charge in [-0.25, -0.2) is 4.39 Å². The highest BCUT2D eigenvalue weighted by atomic mass is 19.1. The first kappa shape index (κ1) is 18.2. The molecule has 1 saturated heterocycles. The molecule has 5 heteroatoms. The van der Waals surface area contributed by atoms with Gasteiger partial charge in [0.25, 0.3) is 0 Å². The van der Waals surface area contributed by atoms with Gasteiger partial charge >= 0.3 is 0 Å². The number of aliphatic hydroxyl groups is 1. The Bertz CT molecular complexity index is 496. The lowest BCUT2D eigenvalue weighted by atomic mass is 10.1. The number of hydrogen-bond donors (Lipinski definition) is 1. The molecule has 1 unspecified atom stereocenters. The Balaban J connectivity index is 2.02. The van der Waals surface area contributed by atoms with Crippen molar-refractivity contribution in [2.24, 2.45) is 5.92 Å². The smallest absolute Gasteiger partial charge is 0.127 e. The molecular weight excluding hydrogens is 295 g/mol. The molecule has 130 valence electrons. The van der Waals surface area contributed by atoms with Crippen LogP contribution >= 0.6 is 0 Å². The standard InChI is InChI=1S/C18H29FN2O2/c1-14(2)11-21-8-7-20(13-16(21)6-9-22)12-15-10-17(23-3)4-5-18(15)19/h4-5,10,14,16,22H,6-9,11-13H2,1-3H3. The monoisotopic (exact) mass is 324 g/mol. The highest BCUT2D eigenvalue weighted by Gasteiger charge is 2.27. The summed E-state index contributed by atoms with van der Waals surface area (Å²) in [6.07, 6.45) is 0.768. The quantitative estimate of drug-likeness (QED) is 0.835. The van der Waals surface area contributed by atoms with Crippen molar-refractivity contribution in [3.8, 4) is 5.75 Å². The van der Waals surface area contributed by atoms with Crippen LogP contribution in [0.4, 0.5) is 4.39 Å². The van der Waals surface area contributed by atoms with Crippen molar-refractivity contribution in [3.63, 3.8) is 0 Å². The largest absolute Gasteiger partial charge is 0.497 e. The van der Waals surface area contributed by atoms with E-state index in [1.807, 2.05) is 0 Å². The fourth-order valence-electron chi connectivity index (χ4n) is 3.27. The molecule has 1 aliphatic rings. The van der Waals surface area contributed by atoms with Crippen LogP contribution in [-0.4, -0.2) is 60.8 Å². The minimum Gasteiger partial charge on any atom is -0.497 e. The number of halogens is 1. The molecule has 0 saturated carbocycles. The van der Waals surface area contributed by atoms with E-state index in [0.717, 1.165) is 32.6 Å². The van der Waals surface area contributed by atoms with E-state index in [2.05, 4.69) is 23.6 Å². The highest BCUT2D eigenvalue weighted by molar-refractivity contribution is 5.29. The molecule has 0 aromatic heterocycles. The van der Waals surface area contributed by atoms with Crippen molar-refractivity contribution < 1.29 is 14.2 Å². The van der Waals surface area contributed by atoms with Crippen LogP contribution in [0.1, 0.15) is 25.8 Å². The van der Waals surface area contributed by atoms with E-state index in [-0.39, 0.29) is 12.4 Å². The SMILES string of the molecule is COc1ccc(F)c(CN2CCN(CC(C)C)C(CCO)C2)c1. The Kier molecular flexibility index (Phi) is 6.81. The van der Waals surface area contributed by atoms with Gasteiger partial charge in [-0.2, -0.15) is 0 Å². The summed E-state index contributed by atoms with van der Waals surface area (Å²) in [4.78, 5) is 4.73. The zero-order valence-corrected chi connectivity index (χ0v) is 14.5. The van der Waals surface area contributed by atoms with Gasteiger partial charge in [-0.05, 0) is 30.5 Å². The molecule has 0 bridgehead atoms. The molecule has 23 heavy (non-hydrogen) atoms. The van der Waals surface area contributed by atoms with Gasteiger partial charge < -0.3 is 9.84 Å². The van der Waals surface area contributed by atoms with Crippen molar-refractivity contribution in [2.45, 2.75) is 32.9 Å². The molecule has 0 radical (unpaired) electrons. The summed E-state index contributed by atoms with van der Waals surface area (Å²) in [7, 11) is 1.60. The maximum atomic E-state index is 14.0. The van der Waals surface area contributed by atoms with Crippen LogP contribution in [-0.2, 0) is 6.54 Å². The summed E-state index contributed by atoms with van der Waals surface area (Å²) in [6.45, 7) is 9.01. The van der Waals surface area contributed by atoms with Crippen LogP contribution < -0.4 is 4.74 Å². The maximum absolute atomic E-state index is 14.0. The Morgan fingerprint density at radius 2 is 2.13 bits per heavy atom. The van der Waals surface area contributed by atoms with Crippen molar-refractivity contribution in [1.29, 1.82) is 0 Å². The van der Waals surface area contributed by atoms with E-state index in [9.17, 15) is 9.50 Å². The van der Waals surface area contributed by atoms with Crippen molar-refractivity contribution in [1.82, 2.24) is 9.80 Å². The van der Waals surface area contributed by atoms with Crippen LogP contribution in [0, 0.1) is 11.7 Å². The zero-order chi connectivity index (χ0) is 16.8. The van der Waals surface area contributed by atoms with E-state index < -0.39 is 0 Å². The molecule has 1 N–H and O–H groups in total. The fraction of sp³-hybridized carbons (Fsp3) is 0.667. The average molecular weight is 324 g/mol. The minimum atomic E-state index is -0.186. The molecule has 2 rings (SSSR count). The van der Waals surface area contributed by atoms with Crippen LogP contribution in [0.15, 0.2) is 18.2 Å². The minimum absolute atomic E-state index is 0.186. The first-order chi connectivity index (χ1) is 11.0. The first-order valence-electron chi connectivity index (χ1n) is 8.43. The molecule has 1 aliphatic heterocycles. The summed E-state index contributed by atoms with van der Waals surface area (Å²) in [6, 6.07) is 5.23. The predicted octanol–water partition coefficient (Wildman–Crippen LogP) is 2.36. The summed E-state index contributed by atoms with van der Waals surface area (Å²) in [5, 5.41) is 9.34. The third-order valence-electron chi connectivity index (χ3n) is 4.40. The second-order valence-electron chi connectivity index (χ2n) is 6.75. The van der Waals surface area contributed by atoms with Gasteiger partial charge in [0.05, 0.1) is 7.11 Å². The van der Waals surface area contributed by atoms with Gasteiger partial charge in [-0.15, -0.1) is 0 Å². The second kappa shape index (κ2) is 8.62. The van der Waals surface area contributed by atoms with Gasteiger partial charge in [-0.1, -0.05) is 13.8 Å². The topological polar surface area (TPSA) is 35.9 Å². The predicted molar refractivity (Wildman–Crippen MR) is 90.1 cm³/mol. The molecule has 4 nitrogen and oxygen atoms in total. The molecule has 1 aromatic carbocycles. The summed E-state index contributed by atoms with van der Waals surface area (Å²) >= 11 is 0. The summed E-state index contributed by atoms with van der Waals surface area (Å²) < 4.78 is 19.2. The van der Waals surface area contributed by atoms with Gasteiger partial charge in [-0.3, -0.25) is 9.80 Å². The van der Waals surface area contributed by atoms with E-state index in [1.54, 1.807) is 19.2 Å². The second-order valence-corrected chi connectivity index (χ2v) is 6.75. The lowest BCUT2D eigenvalue weighted by Gasteiger charge is -2.42. The molecular formula is C18H29FN2O2. The van der Waals surface area contributed by atoms with E-state index in [0.29, 0.717) is 29.8 Å². The van der Waals surface area contributed by atoms with Crippen molar-refractivity contribution in [3.05, 3.63) is 29.6 Å². The molecule has 1 atom stereocenters. The van der Waals surface area contributed by atoms with E-state index in [4.69, 9.17) is 4.74 Å². The normalized spacial score (nSPS) is 20.2. The van der Waals surface area contributed by atoms with Gasteiger partial charge in [0.1, 0.15) is 11.6 Å². The van der Waals surface area contributed by atoms with E-state index in [1.165, 1.54) is 6.07 Å². The molecule has 1 fully saturated rings. The first-order valence-corrected chi connectivity index (χ1v) is 8.43. The number of aliphatic hydroxyl groups excluding tert-OH is 1. The van der Waals surface area contributed by atoms with Crippen LogP contribution in [0.5, 0.6) is 5.75 Å². The van der Waals surface area contributed by atoms with Gasteiger partial charge in [0.15, 0.2) is 0 Å². The molecule has 0 spiro atoms. The summed E-state index contributed by atoms with van der Waals surface area (Å²) in [5.74, 6) is 1.11. The average Bonchev–Trinajstić information content (AvgIpc) is 2.52. The number of hydrogen-bond acceptors (Lipinski definition) is 4. The number of piperazine rings is 1. The Morgan fingerprint density at radius 3 is 2.78 bits per heavy atom. The Labute approximate surface area is 138 Å². The van der Waals surface area contributed by atoms with Crippen molar-refractivity contribution >= 4 is 0 Å². The lowest BCUT2D eigenvalue weighted by molar-refractivity contribution is 0.0472. The third-order valence-corrected chi connectivity index (χ3v) is 4.40. The summed E-state index contributed by atoms with van der Waals surface area (Å²) in [5.41, 5.74) is 0.671. The molecule has 1 heterocycles. The van der Waals surface area contributed by atoms with Gasteiger partial charge in [0.2, 0.25) is 0 Å². The fourth-order valence-corrected chi connectivity index (χ4v) is 3.27. The number of ether oxygens (including phenoxy) is 1. The molecule has 1 aromatic rings. The highest BCUT2D eigenvalue weighted by Crippen LogP contribution is 2.21. The maximum Gasteiger partial charge on any atom is 0.127 e.